The van der Waals surface area contributed by atoms with Gasteiger partial charge in [0.2, 0.25) is 0 Å². The van der Waals surface area contributed by atoms with E-state index in [9.17, 15) is 0 Å². The van der Waals surface area contributed by atoms with Gasteiger partial charge in [-0.1, -0.05) is 12.8 Å². The van der Waals surface area contributed by atoms with Crippen molar-refractivity contribution in [2.75, 3.05) is 0 Å². The molecule has 18 heavy (non-hydrogen) atoms. The molecule has 4 rings (SSSR count). The van der Waals surface area contributed by atoms with Crippen LogP contribution in [0.1, 0.15) is 51.4 Å². The minimum Gasteiger partial charge on any atom is -0.327 e. The van der Waals surface area contributed by atoms with Crippen LogP contribution in [0.3, 0.4) is 0 Å². The maximum absolute atomic E-state index is 5.82. The van der Waals surface area contributed by atoms with E-state index >= 15 is 0 Å². The fraction of sp³-hybridized carbons (Fsp3) is 1.00. The first-order valence-electron chi connectivity index (χ1n) is 7.23. The molecule has 2 nitrogen and oxygen atoms in total. The van der Waals surface area contributed by atoms with E-state index in [2.05, 4.69) is 0 Å². The smallest absolute Gasteiger partial charge is 0.00699 e. The third kappa shape index (κ3) is 3.33. The van der Waals surface area contributed by atoms with Crippen molar-refractivity contribution in [1.82, 2.24) is 0 Å². The lowest BCUT2D eigenvalue weighted by molar-refractivity contribution is 0.418. The van der Waals surface area contributed by atoms with Crippen molar-refractivity contribution in [1.29, 1.82) is 0 Å². The normalized spacial score (nSPS) is 47.0. The van der Waals surface area contributed by atoms with Crippen molar-refractivity contribution in [3.63, 3.8) is 0 Å². The molecule has 0 amide bonds. The molecule has 0 aromatic rings. The van der Waals surface area contributed by atoms with Gasteiger partial charge in [-0.05, 0) is 62.2 Å². The Hall–Kier alpha value is 0.500. The molecule has 0 aromatic carbocycles. The van der Waals surface area contributed by atoms with Gasteiger partial charge in [-0.25, -0.2) is 0 Å². The van der Waals surface area contributed by atoms with Crippen LogP contribution in [-0.4, -0.2) is 12.1 Å². The molecule has 4 bridgehead atoms. The molecule has 4 N–H and O–H groups in total. The van der Waals surface area contributed by atoms with Crippen molar-refractivity contribution in [2.45, 2.75) is 63.5 Å². The quantitative estimate of drug-likeness (QED) is 0.721. The Balaban J connectivity index is 0.000000162. The minimum absolute atomic E-state index is 0. The zero-order valence-electron chi connectivity index (χ0n) is 11.1. The number of halogens is 2. The Labute approximate surface area is 123 Å². The van der Waals surface area contributed by atoms with Crippen LogP contribution in [0.2, 0.25) is 0 Å². The molecule has 108 valence electrons. The number of rotatable bonds is 0. The van der Waals surface area contributed by atoms with Gasteiger partial charge in [-0.3, -0.25) is 0 Å². The second-order valence-electron chi connectivity index (χ2n) is 6.68. The van der Waals surface area contributed by atoms with Crippen LogP contribution in [0.5, 0.6) is 0 Å². The summed E-state index contributed by atoms with van der Waals surface area (Å²) in [7, 11) is 0. The Kier molecular flexibility index (Phi) is 6.24. The highest BCUT2D eigenvalue weighted by molar-refractivity contribution is 5.85. The topological polar surface area (TPSA) is 52.0 Å². The highest BCUT2D eigenvalue weighted by atomic mass is 35.5. The van der Waals surface area contributed by atoms with Crippen LogP contribution in [-0.2, 0) is 0 Å². The summed E-state index contributed by atoms with van der Waals surface area (Å²) < 4.78 is 0. The first-order chi connectivity index (χ1) is 7.72. The van der Waals surface area contributed by atoms with E-state index in [1.807, 2.05) is 0 Å². The zero-order valence-corrected chi connectivity index (χ0v) is 12.7. The molecule has 4 aliphatic rings. The molecule has 0 unspecified atom stereocenters. The van der Waals surface area contributed by atoms with Crippen LogP contribution in [0.25, 0.3) is 0 Å². The van der Waals surface area contributed by atoms with E-state index in [4.69, 9.17) is 11.5 Å². The predicted molar refractivity (Wildman–Crippen MR) is 81.3 cm³/mol. The van der Waals surface area contributed by atoms with Crippen molar-refractivity contribution in [2.24, 2.45) is 35.1 Å². The van der Waals surface area contributed by atoms with Gasteiger partial charge in [0, 0.05) is 12.1 Å². The van der Waals surface area contributed by atoms with Crippen LogP contribution < -0.4 is 11.5 Å². The summed E-state index contributed by atoms with van der Waals surface area (Å²) in [4.78, 5) is 0. The number of hydrogen-bond donors (Lipinski definition) is 2. The Morgan fingerprint density at radius 3 is 1.06 bits per heavy atom. The molecule has 0 heterocycles. The van der Waals surface area contributed by atoms with Gasteiger partial charge in [0.1, 0.15) is 0 Å². The molecule has 4 aliphatic carbocycles. The summed E-state index contributed by atoms with van der Waals surface area (Å²) in [6.45, 7) is 0. The van der Waals surface area contributed by atoms with Gasteiger partial charge in [-0.15, -0.1) is 24.8 Å². The van der Waals surface area contributed by atoms with Crippen LogP contribution in [0.4, 0.5) is 0 Å². The standard InChI is InChI=1S/2C7H13N.2ClH/c2*8-7-4-5-1-2-6(7)3-5;;/h2*5-7H,1-4,8H2;2*1H/t2*5-,6+,7-;;/m10../s1. The maximum atomic E-state index is 5.82. The lowest BCUT2D eigenvalue weighted by atomic mass is 9.96. The summed E-state index contributed by atoms with van der Waals surface area (Å²) in [5, 5.41) is 0. The molecule has 0 saturated heterocycles. The zero-order chi connectivity index (χ0) is 11.1. The SMILES string of the molecule is Cl.Cl.N[C@@H]1C[C@@H]2CC[C@H]1C2.N[C@H]1C[C@H]2CC[C@@H]1C2. The largest absolute Gasteiger partial charge is 0.327 e. The molecule has 6 atom stereocenters. The average molecular weight is 295 g/mol. The van der Waals surface area contributed by atoms with E-state index in [1.54, 1.807) is 0 Å². The van der Waals surface area contributed by atoms with E-state index in [1.165, 1.54) is 51.4 Å². The highest BCUT2D eigenvalue weighted by Gasteiger charge is 2.37. The maximum Gasteiger partial charge on any atom is 0.00699 e. The predicted octanol–water partition coefficient (Wildman–Crippen LogP) is 3.11. The minimum atomic E-state index is 0. The average Bonchev–Trinajstić information content (AvgIpc) is 2.94. The Bertz CT molecular complexity index is 232. The molecule has 4 fully saturated rings. The molecule has 0 aliphatic heterocycles. The van der Waals surface area contributed by atoms with Crippen LogP contribution in [0.15, 0.2) is 0 Å². The van der Waals surface area contributed by atoms with E-state index in [0.717, 1.165) is 23.7 Å². The molecule has 4 heteroatoms. The van der Waals surface area contributed by atoms with Gasteiger partial charge in [0.25, 0.3) is 0 Å². The van der Waals surface area contributed by atoms with Crippen molar-refractivity contribution in [3.8, 4) is 0 Å². The van der Waals surface area contributed by atoms with E-state index in [0.29, 0.717) is 12.1 Å². The lowest BCUT2D eigenvalue weighted by Gasteiger charge is -2.15. The van der Waals surface area contributed by atoms with Gasteiger partial charge in [0.15, 0.2) is 0 Å². The lowest BCUT2D eigenvalue weighted by Crippen LogP contribution is -2.26. The molecular formula is C14H28Cl2N2. The van der Waals surface area contributed by atoms with E-state index < -0.39 is 0 Å². The molecule has 4 saturated carbocycles. The molecule has 0 radical (unpaired) electrons. The fourth-order valence-corrected chi connectivity index (χ4v) is 4.59. The fourth-order valence-electron chi connectivity index (χ4n) is 4.59. The number of fused-ring (bicyclic) bond motifs is 4. The van der Waals surface area contributed by atoms with Crippen LogP contribution >= 0.6 is 24.8 Å². The third-order valence-electron chi connectivity index (χ3n) is 5.59. The summed E-state index contributed by atoms with van der Waals surface area (Å²) in [5.74, 6) is 3.88. The summed E-state index contributed by atoms with van der Waals surface area (Å²) in [6.07, 6.45) is 11.3. The Morgan fingerprint density at radius 2 is 0.944 bits per heavy atom. The van der Waals surface area contributed by atoms with Crippen LogP contribution in [0, 0.1) is 23.7 Å². The molecular weight excluding hydrogens is 267 g/mol. The molecule has 0 aromatic heterocycles. The first kappa shape index (κ1) is 16.6. The number of nitrogens with two attached hydrogens (primary N) is 2. The third-order valence-corrected chi connectivity index (χ3v) is 5.59. The van der Waals surface area contributed by atoms with Crippen molar-refractivity contribution >= 4 is 24.8 Å². The van der Waals surface area contributed by atoms with Gasteiger partial charge >= 0.3 is 0 Å². The summed E-state index contributed by atoms with van der Waals surface area (Å²) in [6, 6.07) is 1.16. The second kappa shape index (κ2) is 6.78. The van der Waals surface area contributed by atoms with Crippen molar-refractivity contribution < 1.29 is 0 Å². The van der Waals surface area contributed by atoms with Gasteiger partial charge in [0.05, 0.1) is 0 Å². The highest BCUT2D eigenvalue weighted by Crippen LogP contribution is 2.43. The molecule has 0 spiro atoms. The van der Waals surface area contributed by atoms with Gasteiger partial charge in [-0.2, -0.15) is 0 Å². The Morgan fingerprint density at radius 1 is 0.556 bits per heavy atom. The summed E-state index contributed by atoms with van der Waals surface area (Å²) in [5.41, 5.74) is 11.6. The van der Waals surface area contributed by atoms with Gasteiger partial charge < -0.3 is 11.5 Å². The van der Waals surface area contributed by atoms with Crippen molar-refractivity contribution in [3.05, 3.63) is 0 Å². The number of hydrogen-bond acceptors (Lipinski definition) is 2. The van der Waals surface area contributed by atoms with E-state index in [-0.39, 0.29) is 24.8 Å². The second-order valence-corrected chi connectivity index (χ2v) is 6.68. The monoisotopic (exact) mass is 294 g/mol. The summed E-state index contributed by atoms with van der Waals surface area (Å²) >= 11 is 0. The first-order valence-corrected chi connectivity index (χ1v) is 7.23.